The maximum Gasteiger partial charge on any atom is 0.401 e. The van der Waals surface area contributed by atoms with Crippen LogP contribution in [0.5, 0.6) is 0 Å². The fourth-order valence-electron chi connectivity index (χ4n) is 2.36. The number of hydrogen-bond acceptors (Lipinski definition) is 2. The van der Waals surface area contributed by atoms with E-state index in [-0.39, 0.29) is 12.6 Å². The smallest absolute Gasteiger partial charge is 0.392 e. The van der Waals surface area contributed by atoms with Gasteiger partial charge in [-0.2, -0.15) is 13.2 Å². The Bertz CT molecular complexity index is 200. The largest absolute Gasteiger partial charge is 0.401 e. The van der Waals surface area contributed by atoms with Gasteiger partial charge in [-0.25, -0.2) is 0 Å². The summed E-state index contributed by atoms with van der Waals surface area (Å²) in [7, 11) is 0. The first-order valence-electron chi connectivity index (χ1n) is 5.87. The lowest BCUT2D eigenvalue weighted by Crippen LogP contribution is -2.45. The van der Waals surface area contributed by atoms with Gasteiger partial charge in [0.1, 0.15) is 0 Å². The van der Waals surface area contributed by atoms with E-state index in [0.29, 0.717) is 0 Å². The van der Waals surface area contributed by atoms with Crippen LogP contribution in [0.4, 0.5) is 13.2 Å². The Kier molecular flexibility index (Phi) is 5.05. The minimum atomic E-state index is -4.17. The molecule has 1 atom stereocenters. The minimum Gasteiger partial charge on any atom is -0.392 e. The van der Waals surface area contributed by atoms with Crippen LogP contribution in [-0.2, 0) is 0 Å². The van der Waals surface area contributed by atoms with E-state index in [1.165, 1.54) is 11.8 Å². The standard InChI is InChI=1S/C11H20F3NO/c1-9(16)7-15(8-11(12,13)14)10-5-3-2-4-6-10/h9-10,16H,2-8H2,1H3. The normalized spacial score (nSPS) is 21.4. The van der Waals surface area contributed by atoms with E-state index in [9.17, 15) is 18.3 Å². The SMILES string of the molecule is CC(O)CN(CC(F)(F)F)C1CCCCC1. The minimum absolute atomic E-state index is 0.00928. The van der Waals surface area contributed by atoms with E-state index in [4.69, 9.17) is 0 Å². The second-order valence-corrected chi connectivity index (χ2v) is 4.69. The van der Waals surface area contributed by atoms with Crippen molar-refractivity contribution in [2.24, 2.45) is 0 Å². The molecular formula is C11H20F3NO. The van der Waals surface area contributed by atoms with E-state index in [1.54, 1.807) is 0 Å². The maximum absolute atomic E-state index is 12.4. The summed E-state index contributed by atoms with van der Waals surface area (Å²) in [4.78, 5) is 1.39. The monoisotopic (exact) mass is 239 g/mol. The van der Waals surface area contributed by atoms with Crippen LogP contribution in [0.15, 0.2) is 0 Å². The van der Waals surface area contributed by atoms with Crippen molar-refractivity contribution in [2.45, 2.75) is 57.3 Å². The van der Waals surface area contributed by atoms with Crippen molar-refractivity contribution in [3.8, 4) is 0 Å². The molecule has 1 fully saturated rings. The molecule has 1 unspecified atom stereocenters. The van der Waals surface area contributed by atoms with Gasteiger partial charge in [0.15, 0.2) is 0 Å². The lowest BCUT2D eigenvalue weighted by molar-refractivity contribution is -0.154. The van der Waals surface area contributed by atoms with Crippen LogP contribution >= 0.6 is 0 Å². The molecule has 0 heterocycles. The summed E-state index contributed by atoms with van der Waals surface area (Å²) in [6.07, 6.45) is -0.120. The van der Waals surface area contributed by atoms with Crippen molar-refractivity contribution in [3.63, 3.8) is 0 Å². The van der Waals surface area contributed by atoms with Crippen molar-refractivity contribution in [1.29, 1.82) is 0 Å². The third-order valence-electron chi connectivity index (χ3n) is 2.97. The molecule has 0 saturated heterocycles. The van der Waals surface area contributed by atoms with Crippen molar-refractivity contribution >= 4 is 0 Å². The quantitative estimate of drug-likeness (QED) is 0.815. The zero-order valence-corrected chi connectivity index (χ0v) is 9.63. The van der Waals surface area contributed by atoms with E-state index < -0.39 is 18.8 Å². The third-order valence-corrected chi connectivity index (χ3v) is 2.97. The Morgan fingerprint density at radius 1 is 1.25 bits per heavy atom. The molecule has 1 N–H and O–H groups in total. The number of aliphatic hydroxyl groups excluding tert-OH is 1. The summed E-state index contributed by atoms with van der Waals surface area (Å²) in [6.45, 7) is 0.749. The molecule has 96 valence electrons. The number of alkyl halides is 3. The lowest BCUT2D eigenvalue weighted by atomic mass is 9.94. The van der Waals surface area contributed by atoms with Gasteiger partial charge in [0.2, 0.25) is 0 Å². The summed E-state index contributed by atoms with van der Waals surface area (Å²) >= 11 is 0. The van der Waals surface area contributed by atoms with Gasteiger partial charge in [0.25, 0.3) is 0 Å². The fraction of sp³-hybridized carbons (Fsp3) is 1.00. The average Bonchev–Trinajstić information content (AvgIpc) is 2.15. The summed E-state index contributed by atoms with van der Waals surface area (Å²) < 4.78 is 37.2. The molecule has 0 aromatic rings. The molecule has 0 aromatic carbocycles. The van der Waals surface area contributed by atoms with Gasteiger partial charge >= 0.3 is 6.18 Å². The molecule has 0 bridgehead atoms. The van der Waals surface area contributed by atoms with Gasteiger partial charge < -0.3 is 5.11 Å². The van der Waals surface area contributed by atoms with Gasteiger partial charge in [-0.3, -0.25) is 4.90 Å². The highest BCUT2D eigenvalue weighted by Crippen LogP contribution is 2.26. The predicted octanol–water partition coefficient (Wildman–Crippen LogP) is 2.56. The van der Waals surface area contributed by atoms with E-state index in [1.807, 2.05) is 0 Å². The highest BCUT2D eigenvalue weighted by atomic mass is 19.4. The van der Waals surface area contributed by atoms with Crippen molar-refractivity contribution in [1.82, 2.24) is 4.90 Å². The van der Waals surface area contributed by atoms with Crippen LogP contribution in [0.25, 0.3) is 0 Å². The fourth-order valence-corrected chi connectivity index (χ4v) is 2.36. The topological polar surface area (TPSA) is 23.5 Å². The van der Waals surface area contributed by atoms with Crippen LogP contribution in [0.1, 0.15) is 39.0 Å². The first-order valence-corrected chi connectivity index (χ1v) is 5.87. The molecule has 0 aliphatic heterocycles. The molecular weight excluding hydrogens is 219 g/mol. The molecule has 0 aromatic heterocycles. The first kappa shape index (κ1) is 13.8. The molecule has 1 aliphatic carbocycles. The van der Waals surface area contributed by atoms with Gasteiger partial charge in [-0.05, 0) is 19.8 Å². The molecule has 2 nitrogen and oxygen atoms in total. The van der Waals surface area contributed by atoms with Crippen LogP contribution in [0.2, 0.25) is 0 Å². The zero-order chi connectivity index (χ0) is 12.2. The highest BCUT2D eigenvalue weighted by Gasteiger charge is 2.34. The van der Waals surface area contributed by atoms with Crippen molar-refractivity contribution in [2.75, 3.05) is 13.1 Å². The summed E-state index contributed by atoms with van der Waals surface area (Å²) in [6, 6.07) is -0.00928. The van der Waals surface area contributed by atoms with Gasteiger partial charge in [-0.1, -0.05) is 19.3 Å². The predicted molar refractivity (Wildman–Crippen MR) is 56.2 cm³/mol. The molecule has 16 heavy (non-hydrogen) atoms. The van der Waals surface area contributed by atoms with Gasteiger partial charge in [0.05, 0.1) is 12.6 Å². The van der Waals surface area contributed by atoms with Crippen LogP contribution < -0.4 is 0 Å². The van der Waals surface area contributed by atoms with Crippen LogP contribution in [0, 0.1) is 0 Å². The maximum atomic E-state index is 12.4. The number of aliphatic hydroxyl groups is 1. The Morgan fingerprint density at radius 2 is 1.81 bits per heavy atom. The second-order valence-electron chi connectivity index (χ2n) is 4.69. The molecule has 0 spiro atoms. The summed E-state index contributed by atoms with van der Waals surface area (Å²) in [5.74, 6) is 0. The number of hydrogen-bond donors (Lipinski definition) is 1. The first-order chi connectivity index (χ1) is 7.38. The Labute approximate surface area is 94.4 Å². The summed E-state index contributed by atoms with van der Waals surface area (Å²) in [5.41, 5.74) is 0. The van der Waals surface area contributed by atoms with Crippen LogP contribution in [0.3, 0.4) is 0 Å². The highest BCUT2D eigenvalue weighted by molar-refractivity contribution is 4.78. The van der Waals surface area contributed by atoms with Crippen LogP contribution in [-0.4, -0.2) is 41.4 Å². The molecule has 0 amide bonds. The third kappa shape index (κ3) is 5.16. The van der Waals surface area contributed by atoms with Gasteiger partial charge in [-0.15, -0.1) is 0 Å². The number of rotatable bonds is 4. The molecule has 1 rings (SSSR count). The van der Waals surface area contributed by atoms with E-state index >= 15 is 0 Å². The zero-order valence-electron chi connectivity index (χ0n) is 9.63. The van der Waals surface area contributed by atoms with Crippen molar-refractivity contribution < 1.29 is 18.3 Å². The summed E-state index contributed by atoms with van der Waals surface area (Å²) in [5, 5.41) is 9.24. The van der Waals surface area contributed by atoms with Crippen molar-refractivity contribution in [3.05, 3.63) is 0 Å². The molecule has 0 radical (unpaired) electrons. The van der Waals surface area contributed by atoms with Gasteiger partial charge in [0, 0.05) is 12.6 Å². The Morgan fingerprint density at radius 3 is 2.25 bits per heavy atom. The van der Waals surface area contributed by atoms with E-state index in [2.05, 4.69) is 0 Å². The van der Waals surface area contributed by atoms with E-state index in [0.717, 1.165) is 32.1 Å². The number of halogens is 3. The number of nitrogens with zero attached hydrogens (tertiary/aromatic N) is 1. The second kappa shape index (κ2) is 5.87. The molecule has 1 saturated carbocycles. The molecule has 1 aliphatic rings. The Balaban J connectivity index is 2.54. The Hall–Kier alpha value is -0.290. The molecule has 5 heteroatoms. The average molecular weight is 239 g/mol. The lowest BCUT2D eigenvalue weighted by Gasteiger charge is -2.35.